The molecule has 2 N–H and O–H groups in total. The molecule has 0 saturated carbocycles. The quantitative estimate of drug-likeness (QED) is 0.845. The molecule has 1 atom stereocenters. The van der Waals surface area contributed by atoms with Crippen LogP contribution in [-0.4, -0.2) is 16.4 Å². The Balaban J connectivity index is 3.01. The van der Waals surface area contributed by atoms with Gasteiger partial charge in [-0.15, -0.1) is 0 Å². The molecule has 0 aliphatic heterocycles. The summed E-state index contributed by atoms with van der Waals surface area (Å²) in [6.45, 7) is 1.18. The molecule has 0 spiro atoms. The number of aliphatic hydroxyl groups excluding tert-OH is 1. The molecule has 0 bridgehead atoms. The van der Waals surface area contributed by atoms with Crippen LogP contribution in [0.5, 0.6) is 5.75 Å². The van der Waals surface area contributed by atoms with E-state index in [0.29, 0.717) is 0 Å². The zero-order valence-electron chi connectivity index (χ0n) is 8.22. The van der Waals surface area contributed by atoms with Gasteiger partial charge in [0.05, 0.1) is 0 Å². The lowest BCUT2D eigenvalue weighted by molar-refractivity contribution is -0.159. The van der Waals surface area contributed by atoms with Crippen LogP contribution in [0.25, 0.3) is 0 Å². The van der Waals surface area contributed by atoms with E-state index < -0.39 is 18.2 Å². The second-order valence-electron chi connectivity index (χ2n) is 3.31. The van der Waals surface area contributed by atoms with Gasteiger partial charge in [0.25, 0.3) is 0 Å². The Labute approximate surface area is 95.3 Å². The van der Waals surface area contributed by atoms with E-state index in [1.165, 1.54) is 19.1 Å². The van der Waals surface area contributed by atoms with Crippen LogP contribution in [0.3, 0.4) is 0 Å². The lowest BCUT2D eigenvalue weighted by Gasteiger charge is -2.21. The molecule has 0 saturated heterocycles. The SMILES string of the molecule is CC([C](O)C(F)(F)F)c1ccc(O)cc1Cl. The smallest absolute Gasteiger partial charge is 0.421 e. The van der Waals surface area contributed by atoms with E-state index in [9.17, 15) is 13.2 Å². The van der Waals surface area contributed by atoms with E-state index >= 15 is 0 Å². The summed E-state index contributed by atoms with van der Waals surface area (Å²) < 4.78 is 36.7. The third kappa shape index (κ3) is 2.80. The van der Waals surface area contributed by atoms with Gasteiger partial charge in [-0.05, 0) is 17.7 Å². The summed E-state index contributed by atoms with van der Waals surface area (Å²) in [7, 11) is 0. The summed E-state index contributed by atoms with van der Waals surface area (Å²) in [5.41, 5.74) is 0.106. The lowest BCUT2D eigenvalue weighted by atomic mass is 9.95. The van der Waals surface area contributed by atoms with Crippen molar-refractivity contribution >= 4 is 11.6 Å². The van der Waals surface area contributed by atoms with Crippen molar-refractivity contribution in [2.75, 3.05) is 0 Å². The molecule has 1 radical (unpaired) electrons. The average molecular weight is 254 g/mol. The monoisotopic (exact) mass is 253 g/mol. The molecule has 0 aliphatic carbocycles. The average Bonchev–Trinajstić information content (AvgIpc) is 2.14. The molecule has 1 aromatic rings. The van der Waals surface area contributed by atoms with Crippen LogP contribution >= 0.6 is 11.6 Å². The second-order valence-corrected chi connectivity index (χ2v) is 3.72. The van der Waals surface area contributed by atoms with Crippen molar-refractivity contribution in [1.82, 2.24) is 0 Å². The number of aliphatic hydroxyl groups is 1. The minimum absolute atomic E-state index is 0.0247. The topological polar surface area (TPSA) is 40.5 Å². The fourth-order valence-electron chi connectivity index (χ4n) is 1.26. The standard InChI is InChI=1S/C10H9ClF3O2/c1-5(9(16)10(12,13)14)7-3-2-6(15)4-8(7)11/h2-5,15-16H,1H3. The second kappa shape index (κ2) is 4.51. The normalized spacial score (nSPS) is 14.2. The number of hydrogen-bond donors (Lipinski definition) is 2. The number of benzene rings is 1. The Morgan fingerprint density at radius 2 is 1.94 bits per heavy atom. The first-order chi connectivity index (χ1) is 7.23. The molecule has 16 heavy (non-hydrogen) atoms. The number of phenols is 1. The summed E-state index contributed by atoms with van der Waals surface area (Å²) in [6.07, 6.45) is -6.39. The summed E-state index contributed by atoms with van der Waals surface area (Å²) in [5.74, 6) is -1.42. The first kappa shape index (κ1) is 13.1. The molecule has 1 rings (SSSR count). The molecule has 0 aliphatic rings. The highest BCUT2D eigenvalue weighted by atomic mass is 35.5. The lowest BCUT2D eigenvalue weighted by Crippen LogP contribution is -2.25. The summed E-state index contributed by atoms with van der Waals surface area (Å²) >= 11 is 5.67. The number of halogens is 4. The molecule has 0 aromatic heterocycles. The van der Waals surface area contributed by atoms with Gasteiger partial charge in [-0.25, -0.2) is 0 Å². The van der Waals surface area contributed by atoms with Crippen LogP contribution < -0.4 is 0 Å². The van der Waals surface area contributed by atoms with Crippen molar-refractivity contribution < 1.29 is 23.4 Å². The zero-order valence-corrected chi connectivity index (χ0v) is 8.97. The van der Waals surface area contributed by atoms with Crippen LogP contribution in [0.1, 0.15) is 18.4 Å². The van der Waals surface area contributed by atoms with E-state index in [2.05, 4.69) is 0 Å². The van der Waals surface area contributed by atoms with Crippen molar-refractivity contribution in [3.8, 4) is 5.75 Å². The van der Waals surface area contributed by atoms with Crippen LogP contribution in [-0.2, 0) is 0 Å². The van der Waals surface area contributed by atoms with Gasteiger partial charge < -0.3 is 10.2 Å². The third-order valence-electron chi connectivity index (χ3n) is 2.15. The largest absolute Gasteiger partial charge is 0.508 e. The van der Waals surface area contributed by atoms with Crippen molar-refractivity contribution in [1.29, 1.82) is 0 Å². The predicted molar refractivity (Wildman–Crippen MR) is 52.8 cm³/mol. The Morgan fingerprint density at radius 1 is 1.38 bits per heavy atom. The van der Waals surface area contributed by atoms with Gasteiger partial charge in [0, 0.05) is 10.9 Å². The number of aromatic hydroxyl groups is 1. The van der Waals surface area contributed by atoms with Gasteiger partial charge in [0.2, 0.25) is 6.10 Å². The molecule has 1 unspecified atom stereocenters. The first-order valence-electron chi connectivity index (χ1n) is 4.35. The predicted octanol–water partition coefficient (Wildman–Crippen LogP) is 3.62. The number of phenolic OH excluding ortho intramolecular Hbond substituents is 1. The highest BCUT2D eigenvalue weighted by Gasteiger charge is 2.44. The molecular formula is C10H9ClF3O2. The molecule has 0 heterocycles. The van der Waals surface area contributed by atoms with E-state index in [4.69, 9.17) is 21.8 Å². The minimum Gasteiger partial charge on any atom is -0.508 e. The maximum absolute atomic E-state index is 12.2. The van der Waals surface area contributed by atoms with Crippen LogP contribution in [0.15, 0.2) is 18.2 Å². The van der Waals surface area contributed by atoms with Gasteiger partial charge in [-0.3, -0.25) is 0 Å². The molecule has 1 aromatic carbocycles. The fraction of sp³-hybridized carbons (Fsp3) is 0.300. The van der Waals surface area contributed by atoms with E-state index in [1.807, 2.05) is 0 Å². The van der Waals surface area contributed by atoms with Gasteiger partial charge in [0.15, 0.2) is 0 Å². The molecule has 2 nitrogen and oxygen atoms in total. The molecule has 6 heteroatoms. The number of hydrogen-bond acceptors (Lipinski definition) is 2. The summed E-state index contributed by atoms with van der Waals surface area (Å²) in [5, 5.41) is 18.0. The van der Waals surface area contributed by atoms with Gasteiger partial charge in [-0.2, -0.15) is 13.2 Å². The maximum atomic E-state index is 12.2. The highest BCUT2D eigenvalue weighted by Crippen LogP contribution is 2.40. The molecular weight excluding hydrogens is 245 g/mol. The maximum Gasteiger partial charge on any atom is 0.421 e. The van der Waals surface area contributed by atoms with Gasteiger partial charge in [0.1, 0.15) is 5.75 Å². The highest BCUT2D eigenvalue weighted by molar-refractivity contribution is 6.31. The van der Waals surface area contributed by atoms with Gasteiger partial charge in [-0.1, -0.05) is 24.6 Å². The van der Waals surface area contributed by atoms with Crippen molar-refractivity contribution in [3.05, 3.63) is 34.9 Å². The van der Waals surface area contributed by atoms with Crippen molar-refractivity contribution in [3.63, 3.8) is 0 Å². The number of alkyl halides is 3. The van der Waals surface area contributed by atoms with Crippen LogP contribution in [0.4, 0.5) is 13.2 Å². The Bertz CT molecular complexity index is 379. The van der Waals surface area contributed by atoms with Crippen LogP contribution in [0.2, 0.25) is 5.02 Å². The van der Waals surface area contributed by atoms with E-state index in [1.54, 1.807) is 0 Å². The Kier molecular flexibility index (Phi) is 3.70. The molecule has 89 valence electrons. The van der Waals surface area contributed by atoms with Crippen molar-refractivity contribution in [2.24, 2.45) is 0 Å². The van der Waals surface area contributed by atoms with Crippen LogP contribution in [0, 0.1) is 6.10 Å². The third-order valence-corrected chi connectivity index (χ3v) is 2.48. The zero-order chi connectivity index (χ0) is 12.5. The minimum atomic E-state index is -4.78. The molecule has 0 fully saturated rings. The summed E-state index contributed by atoms with van der Waals surface area (Å²) in [6, 6.07) is 3.57. The first-order valence-corrected chi connectivity index (χ1v) is 4.72. The van der Waals surface area contributed by atoms with Gasteiger partial charge >= 0.3 is 6.18 Å². The van der Waals surface area contributed by atoms with E-state index in [0.717, 1.165) is 6.07 Å². The Morgan fingerprint density at radius 3 is 2.38 bits per heavy atom. The Hall–Kier alpha value is -0.940. The fourth-order valence-corrected chi connectivity index (χ4v) is 1.60. The van der Waals surface area contributed by atoms with E-state index in [-0.39, 0.29) is 16.3 Å². The molecule has 0 amide bonds. The van der Waals surface area contributed by atoms with Crippen molar-refractivity contribution in [2.45, 2.75) is 19.0 Å². The number of rotatable bonds is 2. The summed E-state index contributed by atoms with van der Waals surface area (Å²) in [4.78, 5) is 0.